The fourth-order valence-electron chi connectivity index (χ4n) is 7.43. The van der Waals surface area contributed by atoms with Crippen molar-refractivity contribution in [1.82, 2.24) is 0 Å². The zero-order chi connectivity index (χ0) is 30.4. The fourth-order valence-corrected chi connectivity index (χ4v) is 7.43. The molecule has 0 radical (unpaired) electrons. The van der Waals surface area contributed by atoms with Gasteiger partial charge in [0, 0.05) is 12.8 Å². The van der Waals surface area contributed by atoms with E-state index in [0.29, 0.717) is 30.4 Å². The van der Waals surface area contributed by atoms with E-state index in [1.807, 2.05) is 26.0 Å². The Morgan fingerprint density at radius 1 is 1.12 bits per heavy atom. The predicted molar refractivity (Wildman–Crippen MR) is 158 cm³/mol. The van der Waals surface area contributed by atoms with E-state index in [0.717, 1.165) is 12.0 Å². The van der Waals surface area contributed by atoms with Crippen LogP contribution in [0.3, 0.4) is 0 Å². The molecule has 11 atom stereocenters. The van der Waals surface area contributed by atoms with Crippen molar-refractivity contribution in [3.63, 3.8) is 0 Å². The number of hydrogen-bond donors (Lipinski definition) is 3. The van der Waals surface area contributed by atoms with Gasteiger partial charge < -0.3 is 34.3 Å². The second kappa shape index (κ2) is 12.1. The Morgan fingerprint density at radius 2 is 1.88 bits per heavy atom. The maximum Gasteiger partial charge on any atom is 0.316 e. The van der Waals surface area contributed by atoms with Crippen LogP contribution in [0.5, 0.6) is 0 Å². The average molecular weight is 585 g/mol. The van der Waals surface area contributed by atoms with Crippen molar-refractivity contribution < 1.29 is 39.1 Å². The predicted octanol–water partition coefficient (Wildman–Crippen LogP) is 4.45. The van der Waals surface area contributed by atoms with Crippen LogP contribution in [0.25, 0.3) is 0 Å². The number of hydrogen-bond acceptors (Lipinski definition) is 8. The summed E-state index contributed by atoms with van der Waals surface area (Å²) in [6.45, 7) is 12.1. The van der Waals surface area contributed by atoms with Gasteiger partial charge in [0.1, 0.15) is 35.9 Å². The monoisotopic (exact) mass is 584 g/mol. The average Bonchev–Trinajstić information content (AvgIpc) is 3.27. The number of aliphatic hydroxyl groups excluding tert-OH is 2. The van der Waals surface area contributed by atoms with Crippen molar-refractivity contribution in [2.45, 2.75) is 122 Å². The Kier molecular flexibility index (Phi) is 9.06. The maximum absolute atomic E-state index is 14.0. The normalized spacial score (nSPS) is 48.3. The van der Waals surface area contributed by atoms with Gasteiger partial charge in [-0.1, -0.05) is 55.9 Å². The molecule has 1 spiro atoms. The number of fused-ring (bicyclic) bond motifs is 2. The summed E-state index contributed by atoms with van der Waals surface area (Å²) in [5.74, 6) is -2.65. The molecule has 8 heteroatoms. The first-order chi connectivity index (χ1) is 19.9. The standard InChI is InChI=1S/C34H48O8/c1-7-21(4)30-23(6)15-28(35)33(42-30)17-26-16-25(41-33)12-11-20(3)13-19(2)9-8-10-24-18-39-31-29(36)22(5)14-27(32(37)40-26)34(24,31)38/h7-11,14,19,23,25-31,35-36,38H,12-13,15-18H2,1-6H3/b9-8+,20-11+,21-7+,24-10+/t19-,23-,25+,26-,27-,28+,29+,30+,31+,33-,34+/m1/s1. The van der Waals surface area contributed by atoms with Crippen molar-refractivity contribution in [2.24, 2.45) is 17.8 Å². The van der Waals surface area contributed by atoms with Crippen LogP contribution >= 0.6 is 0 Å². The lowest BCUT2D eigenvalue weighted by molar-refractivity contribution is -0.363. The second-order valence-corrected chi connectivity index (χ2v) is 13.3. The van der Waals surface area contributed by atoms with E-state index < -0.39 is 47.7 Å². The molecule has 4 aliphatic heterocycles. The third-order valence-electron chi connectivity index (χ3n) is 9.92. The van der Waals surface area contributed by atoms with E-state index in [2.05, 4.69) is 32.9 Å². The molecule has 3 N–H and O–H groups in total. The molecule has 0 unspecified atom stereocenters. The Hall–Kier alpha value is -2.07. The molecular weight excluding hydrogens is 536 g/mol. The molecule has 0 saturated carbocycles. The van der Waals surface area contributed by atoms with Crippen molar-refractivity contribution in [3.8, 4) is 0 Å². The third-order valence-corrected chi connectivity index (χ3v) is 9.92. The highest BCUT2D eigenvalue weighted by atomic mass is 16.7. The highest BCUT2D eigenvalue weighted by molar-refractivity contribution is 5.78. The van der Waals surface area contributed by atoms with Gasteiger partial charge >= 0.3 is 5.97 Å². The minimum absolute atomic E-state index is 0.0922. The van der Waals surface area contributed by atoms with Crippen molar-refractivity contribution >= 4 is 5.97 Å². The maximum atomic E-state index is 14.0. The van der Waals surface area contributed by atoms with Crippen LogP contribution in [-0.4, -0.2) is 75.9 Å². The number of aliphatic hydroxyl groups is 3. The van der Waals surface area contributed by atoms with Gasteiger partial charge in [0.05, 0.1) is 18.8 Å². The number of esters is 1. The number of carbonyl (C=O) groups is 1. The van der Waals surface area contributed by atoms with Crippen LogP contribution in [0, 0.1) is 17.8 Å². The number of allylic oxidation sites excluding steroid dienone is 5. The largest absolute Gasteiger partial charge is 0.462 e. The van der Waals surface area contributed by atoms with Crippen molar-refractivity contribution in [1.29, 1.82) is 0 Å². The number of rotatable bonds is 1. The molecule has 1 aliphatic carbocycles. The van der Waals surface area contributed by atoms with Gasteiger partial charge in [-0.05, 0) is 75.5 Å². The number of carbonyl (C=O) groups excluding carboxylic acids is 1. The molecule has 4 heterocycles. The molecule has 3 saturated heterocycles. The van der Waals surface area contributed by atoms with E-state index in [4.69, 9.17) is 18.9 Å². The lowest BCUT2D eigenvalue weighted by Crippen LogP contribution is -2.62. The van der Waals surface area contributed by atoms with Gasteiger partial charge in [0.15, 0.2) is 5.79 Å². The molecule has 2 bridgehead atoms. The summed E-state index contributed by atoms with van der Waals surface area (Å²) in [6.07, 6.45) is 10.0. The van der Waals surface area contributed by atoms with Crippen LogP contribution in [0.15, 0.2) is 58.7 Å². The van der Waals surface area contributed by atoms with Crippen LogP contribution in [-0.2, 0) is 23.7 Å². The van der Waals surface area contributed by atoms with Gasteiger partial charge in [0.2, 0.25) is 0 Å². The van der Waals surface area contributed by atoms with Crippen LogP contribution in [0.2, 0.25) is 0 Å². The van der Waals surface area contributed by atoms with E-state index in [1.54, 1.807) is 19.1 Å². The van der Waals surface area contributed by atoms with E-state index >= 15 is 0 Å². The molecule has 42 heavy (non-hydrogen) atoms. The minimum atomic E-state index is -1.75. The SMILES string of the molecule is C/C=C(\C)[C@@H]1O[C@]2(C[C@H]3C[C@H](C/C=C(\C)C[C@H](C)/C=C/C=C4\CO[C@H]5[C@@H](O)C(C)=C[C@H](C(=O)O3)[C@@]45O)O2)[C@@H](O)C[C@H]1C. The highest BCUT2D eigenvalue weighted by Crippen LogP contribution is 2.47. The molecule has 232 valence electrons. The van der Waals surface area contributed by atoms with Crippen LogP contribution in [0.1, 0.15) is 73.6 Å². The Labute approximate surface area is 249 Å². The van der Waals surface area contributed by atoms with E-state index in [9.17, 15) is 20.1 Å². The first-order valence-corrected chi connectivity index (χ1v) is 15.5. The molecule has 0 amide bonds. The zero-order valence-electron chi connectivity index (χ0n) is 25.8. The van der Waals surface area contributed by atoms with Gasteiger partial charge in [-0.3, -0.25) is 4.79 Å². The van der Waals surface area contributed by atoms with E-state index in [1.165, 1.54) is 5.57 Å². The molecule has 0 aromatic heterocycles. The summed E-state index contributed by atoms with van der Waals surface area (Å²) in [5, 5.41) is 34.4. The quantitative estimate of drug-likeness (QED) is 0.306. The number of ether oxygens (including phenoxy) is 4. The molecule has 0 aromatic rings. The molecule has 3 fully saturated rings. The smallest absolute Gasteiger partial charge is 0.316 e. The lowest BCUT2D eigenvalue weighted by Gasteiger charge is -2.52. The summed E-state index contributed by atoms with van der Waals surface area (Å²) < 4.78 is 25.3. The summed E-state index contributed by atoms with van der Waals surface area (Å²) in [7, 11) is 0. The summed E-state index contributed by atoms with van der Waals surface area (Å²) in [6, 6.07) is 0. The molecule has 8 nitrogen and oxygen atoms in total. The highest BCUT2D eigenvalue weighted by Gasteiger charge is 2.60. The second-order valence-electron chi connectivity index (χ2n) is 13.3. The van der Waals surface area contributed by atoms with Gasteiger partial charge in [-0.2, -0.15) is 0 Å². The van der Waals surface area contributed by atoms with E-state index in [-0.39, 0.29) is 37.1 Å². The third kappa shape index (κ3) is 5.74. The van der Waals surface area contributed by atoms with Crippen LogP contribution < -0.4 is 0 Å². The van der Waals surface area contributed by atoms with Crippen molar-refractivity contribution in [2.75, 3.05) is 6.61 Å². The molecular formula is C34H48O8. The molecule has 0 aromatic carbocycles. The lowest BCUT2D eigenvalue weighted by atomic mass is 9.71. The zero-order valence-corrected chi connectivity index (χ0v) is 25.8. The first kappa shape index (κ1) is 31.4. The summed E-state index contributed by atoms with van der Waals surface area (Å²) in [5.41, 5.74) is 1.62. The Bertz CT molecular complexity index is 1200. The van der Waals surface area contributed by atoms with Gasteiger partial charge in [-0.25, -0.2) is 0 Å². The summed E-state index contributed by atoms with van der Waals surface area (Å²) >= 11 is 0. The van der Waals surface area contributed by atoms with Crippen molar-refractivity contribution in [3.05, 3.63) is 58.7 Å². The first-order valence-electron chi connectivity index (χ1n) is 15.5. The topological polar surface area (TPSA) is 115 Å². The fraction of sp³-hybridized carbons (Fsp3) is 0.676. The van der Waals surface area contributed by atoms with Gasteiger partial charge in [0.25, 0.3) is 0 Å². The summed E-state index contributed by atoms with van der Waals surface area (Å²) in [4.78, 5) is 14.0. The Morgan fingerprint density at radius 3 is 2.62 bits per heavy atom. The van der Waals surface area contributed by atoms with Crippen LogP contribution in [0.4, 0.5) is 0 Å². The van der Waals surface area contributed by atoms with Gasteiger partial charge in [-0.15, -0.1) is 0 Å². The molecule has 5 rings (SSSR count). The Balaban J connectivity index is 1.54. The minimum Gasteiger partial charge on any atom is -0.462 e. The molecule has 5 aliphatic rings.